The Morgan fingerprint density at radius 1 is 1.08 bits per heavy atom. The van der Waals surface area contributed by atoms with Crippen molar-refractivity contribution in [2.24, 2.45) is 5.41 Å². The maximum atomic E-state index is 5.75. The summed E-state index contributed by atoms with van der Waals surface area (Å²) in [6.45, 7) is 6.92. The standard InChI is InChI=1S/C12H24O/c1-11(2,3)10-12(13-4)8-6-5-7-9-12/h5-10H2,1-4H3. The fourth-order valence-corrected chi connectivity index (χ4v) is 2.62. The van der Waals surface area contributed by atoms with E-state index in [1.54, 1.807) is 0 Å². The number of hydrogen-bond acceptors (Lipinski definition) is 1. The monoisotopic (exact) mass is 184 g/mol. The summed E-state index contributed by atoms with van der Waals surface area (Å²) in [5.74, 6) is 0. The molecule has 13 heavy (non-hydrogen) atoms. The molecule has 1 nitrogen and oxygen atoms in total. The lowest BCUT2D eigenvalue weighted by molar-refractivity contribution is -0.0656. The first-order chi connectivity index (χ1) is 5.97. The van der Waals surface area contributed by atoms with Gasteiger partial charge in [0.1, 0.15) is 0 Å². The van der Waals surface area contributed by atoms with Crippen LogP contribution < -0.4 is 0 Å². The van der Waals surface area contributed by atoms with Gasteiger partial charge in [0, 0.05) is 7.11 Å². The molecule has 0 radical (unpaired) electrons. The minimum absolute atomic E-state index is 0.205. The van der Waals surface area contributed by atoms with Crippen LogP contribution in [-0.2, 0) is 4.74 Å². The molecule has 1 fully saturated rings. The summed E-state index contributed by atoms with van der Waals surface area (Å²) in [7, 11) is 1.89. The highest BCUT2D eigenvalue weighted by molar-refractivity contribution is 4.87. The Balaban J connectivity index is 2.57. The maximum Gasteiger partial charge on any atom is 0.0683 e. The van der Waals surface area contributed by atoms with Crippen LogP contribution in [0.1, 0.15) is 59.3 Å². The molecule has 0 amide bonds. The predicted octanol–water partition coefficient (Wildman–Crippen LogP) is 3.77. The Morgan fingerprint density at radius 3 is 2.00 bits per heavy atom. The molecule has 1 saturated carbocycles. The van der Waals surface area contributed by atoms with Gasteiger partial charge < -0.3 is 4.74 Å². The quantitative estimate of drug-likeness (QED) is 0.634. The van der Waals surface area contributed by atoms with E-state index in [1.807, 2.05) is 7.11 Å². The van der Waals surface area contributed by atoms with Gasteiger partial charge in [-0.3, -0.25) is 0 Å². The van der Waals surface area contributed by atoms with Gasteiger partial charge >= 0.3 is 0 Å². The van der Waals surface area contributed by atoms with E-state index >= 15 is 0 Å². The third-order valence-electron chi connectivity index (χ3n) is 3.05. The Morgan fingerprint density at radius 2 is 1.62 bits per heavy atom. The largest absolute Gasteiger partial charge is 0.378 e. The normalized spacial score (nSPS) is 23.1. The van der Waals surface area contributed by atoms with Crippen LogP contribution in [0.2, 0.25) is 0 Å². The molecule has 0 heterocycles. The molecule has 1 heteroatoms. The van der Waals surface area contributed by atoms with Crippen molar-refractivity contribution in [2.45, 2.75) is 64.9 Å². The topological polar surface area (TPSA) is 9.23 Å². The zero-order valence-electron chi connectivity index (χ0n) is 9.65. The van der Waals surface area contributed by atoms with Crippen molar-refractivity contribution in [1.82, 2.24) is 0 Å². The summed E-state index contributed by atoms with van der Waals surface area (Å²) in [5, 5.41) is 0. The van der Waals surface area contributed by atoms with Gasteiger partial charge in [-0.25, -0.2) is 0 Å². The van der Waals surface area contributed by atoms with Gasteiger partial charge in [0.05, 0.1) is 5.60 Å². The molecule has 0 aliphatic heterocycles. The molecule has 78 valence electrons. The fourth-order valence-electron chi connectivity index (χ4n) is 2.62. The van der Waals surface area contributed by atoms with E-state index < -0.39 is 0 Å². The fraction of sp³-hybridized carbons (Fsp3) is 1.00. The SMILES string of the molecule is COC1(CC(C)(C)C)CCCCC1. The first-order valence-corrected chi connectivity index (χ1v) is 5.53. The highest BCUT2D eigenvalue weighted by atomic mass is 16.5. The maximum absolute atomic E-state index is 5.75. The van der Waals surface area contributed by atoms with E-state index in [0.29, 0.717) is 5.41 Å². The summed E-state index contributed by atoms with van der Waals surface area (Å²) in [4.78, 5) is 0. The summed E-state index contributed by atoms with van der Waals surface area (Å²) in [6.07, 6.45) is 7.83. The molecule has 1 rings (SSSR count). The van der Waals surface area contributed by atoms with E-state index in [2.05, 4.69) is 20.8 Å². The second-order valence-electron chi connectivity index (χ2n) is 5.69. The van der Waals surface area contributed by atoms with Crippen LogP contribution in [0.5, 0.6) is 0 Å². The van der Waals surface area contributed by atoms with Gasteiger partial charge in [0.25, 0.3) is 0 Å². The molecule has 0 aromatic heterocycles. The van der Waals surface area contributed by atoms with Crippen molar-refractivity contribution >= 4 is 0 Å². The molecule has 0 bridgehead atoms. The van der Waals surface area contributed by atoms with Crippen LogP contribution >= 0.6 is 0 Å². The lowest BCUT2D eigenvalue weighted by Crippen LogP contribution is -2.37. The molecular formula is C12H24O. The minimum atomic E-state index is 0.205. The number of methoxy groups -OCH3 is 1. The van der Waals surface area contributed by atoms with Crippen molar-refractivity contribution < 1.29 is 4.74 Å². The molecule has 0 aromatic rings. The average Bonchev–Trinajstić information content (AvgIpc) is 2.03. The van der Waals surface area contributed by atoms with Crippen LogP contribution in [0, 0.1) is 5.41 Å². The third kappa shape index (κ3) is 3.30. The van der Waals surface area contributed by atoms with Crippen LogP contribution in [0.3, 0.4) is 0 Å². The Labute approximate surface area is 82.9 Å². The van der Waals surface area contributed by atoms with Gasteiger partial charge in [-0.1, -0.05) is 40.0 Å². The molecule has 0 atom stereocenters. The predicted molar refractivity (Wildman–Crippen MR) is 56.9 cm³/mol. The highest BCUT2D eigenvalue weighted by Crippen LogP contribution is 2.39. The van der Waals surface area contributed by atoms with Crippen LogP contribution in [0.4, 0.5) is 0 Å². The number of ether oxygens (including phenoxy) is 1. The van der Waals surface area contributed by atoms with E-state index in [0.717, 1.165) is 0 Å². The Bertz CT molecular complexity index is 149. The smallest absolute Gasteiger partial charge is 0.0683 e. The third-order valence-corrected chi connectivity index (χ3v) is 3.05. The Kier molecular flexibility index (Phi) is 3.39. The van der Waals surface area contributed by atoms with Crippen LogP contribution in [0.25, 0.3) is 0 Å². The highest BCUT2D eigenvalue weighted by Gasteiger charge is 2.35. The second-order valence-corrected chi connectivity index (χ2v) is 5.69. The molecule has 0 N–H and O–H groups in total. The Hall–Kier alpha value is -0.0400. The second kappa shape index (κ2) is 4.00. The lowest BCUT2D eigenvalue weighted by Gasteiger charge is -2.40. The molecule has 1 aliphatic carbocycles. The minimum Gasteiger partial charge on any atom is -0.378 e. The van der Waals surface area contributed by atoms with Gasteiger partial charge in [-0.05, 0) is 24.7 Å². The summed E-state index contributed by atoms with van der Waals surface area (Å²) in [6, 6.07) is 0. The molecule has 0 aromatic carbocycles. The first kappa shape index (κ1) is 11.0. The summed E-state index contributed by atoms with van der Waals surface area (Å²) < 4.78 is 5.75. The first-order valence-electron chi connectivity index (χ1n) is 5.53. The molecule has 0 unspecified atom stereocenters. The average molecular weight is 184 g/mol. The van der Waals surface area contributed by atoms with Crippen molar-refractivity contribution in [2.75, 3.05) is 7.11 Å². The van der Waals surface area contributed by atoms with Crippen molar-refractivity contribution in [3.8, 4) is 0 Å². The number of hydrogen-bond donors (Lipinski definition) is 0. The molecule has 1 aliphatic rings. The van der Waals surface area contributed by atoms with Gasteiger partial charge in [-0.2, -0.15) is 0 Å². The van der Waals surface area contributed by atoms with Gasteiger partial charge in [0.2, 0.25) is 0 Å². The zero-order chi connectivity index (χ0) is 9.95. The van der Waals surface area contributed by atoms with Crippen LogP contribution in [0.15, 0.2) is 0 Å². The molecular weight excluding hydrogens is 160 g/mol. The van der Waals surface area contributed by atoms with Crippen molar-refractivity contribution in [3.63, 3.8) is 0 Å². The summed E-state index contributed by atoms with van der Waals surface area (Å²) in [5.41, 5.74) is 0.601. The zero-order valence-corrected chi connectivity index (χ0v) is 9.65. The van der Waals surface area contributed by atoms with E-state index in [-0.39, 0.29) is 5.60 Å². The lowest BCUT2D eigenvalue weighted by atomic mass is 9.74. The van der Waals surface area contributed by atoms with E-state index in [1.165, 1.54) is 38.5 Å². The van der Waals surface area contributed by atoms with E-state index in [9.17, 15) is 0 Å². The van der Waals surface area contributed by atoms with E-state index in [4.69, 9.17) is 4.74 Å². The van der Waals surface area contributed by atoms with Gasteiger partial charge in [-0.15, -0.1) is 0 Å². The molecule has 0 spiro atoms. The van der Waals surface area contributed by atoms with Crippen molar-refractivity contribution in [3.05, 3.63) is 0 Å². The summed E-state index contributed by atoms with van der Waals surface area (Å²) >= 11 is 0. The van der Waals surface area contributed by atoms with Gasteiger partial charge in [0.15, 0.2) is 0 Å². The molecule has 0 saturated heterocycles. The van der Waals surface area contributed by atoms with Crippen LogP contribution in [-0.4, -0.2) is 12.7 Å². The number of rotatable bonds is 2. The van der Waals surface area contributed by atoms with Crippen molar-refractivity contribution in [1.29, 1.82) is 0 Å².